The average Bonchev–Trinajstić information content (AvgIpc) is 2.94. The number of Topliss-reactive ketones (excluding diaryl/α,β-unsaturated/α-hetero) is 1. The molecule has 0 bridgehead atoms. The average molecular weight is 526 g/mol. The summed E-state index contributed by atoms with van der Waals surface area (Å²) in [6, 6.07) is 20.0. The first-order valence-corrected chi connectivity index (χ1v) is 13.4. The summed E-state index contributed by atoms with van der Waals surface area (Å²) in [7, 11) is 3.22. The van der Waals surface area contributed by atoms with Gasteiger partial charge in [0.1, 0.15) is 0 Å². The summed E-state index contributed by atoms with van der Waals surface area (Å²) in [5.74, 6) is 0.605. The maximum atomic E-state index is 14.0. The zero-order valence-electron chi connectivity index (χ0n) is 23.2. The zero-order valence-corrected chi connectivity index (χ0v) is 23.2. The highest BCUT2D eigenvalue weighted by molar-refractivity contribution is 6.05. The van der Waals surface area contributed by atoms with E-state index >= 15 is 0 Å². The number of hydrogen-bond donors (Lipinski definition) is 1. The van der Waals surface area contributed by atoms with Crippen molar-refractivity contribution in [2.75, 3.05) is 20.8 Å². The fourth-order valence-corrected chi connectivity index (χ4v) is 5.79. The lowest BCUT2D eigenvalue weighted by Crippen LogP contribution is -2.36. The van der Waals surface area contributed by atoms with Gasteiger partial charge in [-0.3, -0.25) is 4.79 Å². The number of ether oxygens (including phenoxy) is 3. The Kier molecular flexibility index (Phi) is 7.47. The summed E-state index contributed by atoms with van der Waals surface area (Å²) in [6.07, 6.45) is 0.980. The van der Waals surface area contributed by atoms with E-state index in [-0.39, 0.29) is 23.6 Å². The molecule has 6 nitrogen and oxygen atoms in total. The first kappa shape index (κ1) is 26.5. The molecule has 39 heavy (non-hydrogen) atoms. The third kappa shape index (κ3) is 5.03. The predicted molar refractivity (Wildman–Crippen MR) is 152 cm³/mol. The van der Waals surface area contributed by atoms with E-state index < -0.39 is 5.92 Å². The molecule has 1 aliphatic carbocycles. The highest BCUT2D eigenvalue weighted by Crippen LogP contribution is 2.47. The Bertz CT molecular complexity index is 1490. The van der Waals surface area contributed by atoms with E-state index in [4.69, 9.17) is 14.2 Å². The van der Waals surface area contributed by atoms with Crippen LogP contribution in [0.4, 0.5) is 0 Å². The summed E-state index contributed by atoms with van der Waals surface area (Å²) >= 11 is 0. The lowest BCUT2D eigenvalue weighted by Gasteiger charge is -2.37. The van der Waals surface area contributed by atoms with E-state index in [9.17, 15) is 9.59 Å². The van der Waals surface area contributed by atoms with Gasteiger partial charge in [0.2, 0.25) is 0 Å². The molecule has 5 rings (SSSR count). The van der Waals surface area contributed by atoms with Crippen molar-refractivity contribution in [3.05, 3.63) is 94.3 Å². The van der Waals surface area contributed by atoms with Crippen LogP contribution in [0.15, 0.2) is 83.2 Å². The second kappa shape index (κ2) is 11.0. The minimum atomic E-state index is -0.508. The van der Waals surface area contributed by atoms with Crippen LogP contribution in [-0.4, -0.2) is 32.6 Å². The maximum absolute atomic E-state index is 14.0. The fraction of sp³-hybridized carbons (Fsp3) is 0.333. The Balaban J connectivity index is 1.61. The molecule has 1 heterocycles. The normalized spacial score (nSPS) is 19.2. The van der Waals surface area contributed by atoms with Crippen LogP contribution in [0, 0.1) is 5.92 Å². The molecule has 1 aliphatic heterocycles. The van der Waals surface area contributed by atoms with Gasteiger partial charge in [-0.15, -0.1) is 0 Å². The molecular formula is C33H35NO5. The number of dihydropyridines is 1. The molecule has 0 fully saturated rings. The van der Waals surface area contributed by atoms with Crippen LogP contribution < -0.4 is 14.8 Å². The molecule has 0 unspecified atom stereocenters. The molecule has 0 saturated heterocycles. The van der Waals surface area contributed by atoms with Crippen LogP contribution in [0.5, 0.6) is 11.5 Å². The molecule has 1 N–H and O–H groups in total. The first-order chi connectivity index (χ1) is 18.8. The van der Waals surface area contributed by atoms with E-state index in [1.165, 1.54) is 0 Å². The number of benzene rings is 3. The molecule has 0 aromatic heterocycles. The van der Waals surface area contributed by atoms with Crippen LogP contribution >= 0.6 is 0 Å². The smallest absolute Gasteiger partial charge is 0.336 e. The summed E-state index contributed by atoms with van der Waals surface area (Å²) < 4.78 is 16.7. The monoisotopic (exact) mass is 525 g/mol. The lowest BCUT2D eigenvalue weighted by atomic mass is 9.71. The number of nitrogens with one attached hydrogen (secondary N) is 1. The van der Waals surface area contributed by atoms with Crippen molar-refractivity contribution in [1.29, 1.82) is 0 Å². The molecule has 202 valence electrons. The number of esters is 1. The number of methoxy groups -OCH3 is 2. The minimum absolute atomic E-state index is 0.0287. The minimum Gasteiger partial charge on any atom is -0.493 e. The van der Waals surface area contributed by atoms with Crippen molar-refractivity contribution in [1.82, 2.24) is 5.32 Å². The van der Waals surface area contributed by atoms with Crippen LogP contribution in [-0.2, 0) is 14.3 Å². The Hall–Kier alpha value is -4.06. The molecule has 0 spiro atoms. The Morgan fingerprint density at radius 2 is 1.72 bits per heavy atom. The lowest BCUT2D eigenvalue weighted by molar-refractivity contribution is -0.140. The SMILES string of the molecule is COc1ccc([C@@H]2CC(=O)C3=C(C2)NC(C)=C(C(=O)OCC(C)C)[C@H]3c2cccc3ccccc23)cc1OC. The summed E-state index contributed by atoms with van der Waals surface area (Å²) in [5.41, 5.74) is 4.70. The molecule has 0 amide bonds. The maximum Gasteiger partial charge on any atom is 0.336 e. The van der Waals surface area contributed by atoms with Gasteiger partial charge < -0.3 is 19.5 Å². The third-order valence-corrected chi connectivity index (χ3v) is 7.61. The fourth-order valence-electron chi connectivity index (χ4n) is 5.79. The third-order valence-electron chi connectivity index (χ3n) is 7.61. The molecule has 6 heteroatoms. The number of carbonyl (C=O) groups is 2. The largest absolute Gasteiger partial charge is 0.493 e. The molecule has 0 radical (unpaired) electrons. The van der Waals surface area contributed by atoms with Crippen molar-refractivity contribution >= 4 is 22.5 Å². The molecule has 3 aromatic rings. The molecule has 0 saturated carbocycles. The Morgan fingerprint density at radius 3 is 2.46 bits per heavy atom. The molecule has 3 aromatic carbocycles. The first-order valence-electron chi connectivity index (χ1n) is 13.4. The highest BCUT2D eigenvalue weighted by Gasteiger charge is 2.42. The van der Waals surface area contributed by atoms with Crippen molar-refractivity contribution in [3.8, 4) is 11.5 Å². The number of carbonyl (C=O) groups excluding carboxylic acids is 2. The number of rotatable bonds is 7. The van der Waals surface area contributed by atoms with Gasteiger partial charge in [0, 0.05) is 29.3 Å². The predicted octanol–water partition coefficient (Wildman–Crippen LogP) is 6.42. The standard InChI is InChI=1S/C33H35NO5/c1-19(2)18-39-33(36)30-20(3)34-26-15-23(22-13-14-28(37-4)29(17-22)38-5)16-27(35)32(26)31(30)25-12-8-10-21-9-6-7-11-24(21)25/h6-14,17,19,23,31,34H,15-16,18H2,1-5H3/t23-,31+/m0/s1. The molecule has 2 aliphatic rings. The van der Waals surface area contributed by atoms with Crippen molar-refractivity contribution in [2.45, 2.75) is 45.4 Å². The number of allylic oxidation sites excluding steroid dienone is 3. The summed E-state index contributed by atoms with van der Waals surface area (Å²) in [6.45, 7) is 6.24. The summed E-state index contributed by atoms with van der Waals surface area (Å²) in [4.78, 5) is 27.6. The van der Waals surface area contributed by atoms with E-state index in [2.05, 4.69) is 23.5 Å². The Labute approximate surface area is 229 Å². The van der Waals surface area contributed by atoms with Crippen LogP contribution in [0.25, 0.3) is 10.8 Å². The summed E-state index contributed by atoms with van der Waals surface area (Å²) in [5, 5.41) is 5.54. The topological polar surface area (TPSA) is 73.9 Å². The second-order valence-electron chi connectivity index (χ2n) is 10.7. The Morgan fingerprint density at radius 1 is 0.974 bits per heavy atom. The van der Waals surface area contributed by atoms with E-state index in [1.54, 1.807) is 14.2 Å². The van der Waals surface area contributed by atoms with Crippen LogP contribution in [0.2, 0.25) is 0 Å². The zero-order chi connectivity index (χ0) is 27.7. The van der Waals surface area contributed by atoms with Gasteiger partial charge in [0.25, 0.3) is 0 Å². The van der Waals surface area contributed by atoms with Gasteiger partial charge in [0.05, 0.1) is 26.4 Å². The van der Waals surface area contributed by atoms with Gasteiger partial charge >= 0.3 is 5.97 Å². The van der Waals surface area contributed by atoms with Gasteiger partial charge in [-0.05, 0) is 59.2 Å². The van der Waals surface area contributed by atoms with E-state index in [0.717, 1.165) is 33.3 Å². The second-order valence-corrected chi connectivity index (χ2v) is 10.7. The number of ketones is 1. The quantitative estimate of drug-likeness (QED) is 0.359. The van der Waals surface area contributed by atoms with Gasteiger partial charge in [0.15, 0.2) is 17.3 Å². The van der Waals surface area contributed by atoms with E-state index in [0.29, 0.717) is 42.1 Å². The van der Waals surface area contributed by atoms with Crippen molar-refractivity contribution in [2.24, 2.45) is 5.92 Å². The van der Waals surface area contributed by atoms with Crippen LogP contribution in [0.1, 0.15) is 56.6 Å². The van der Waals surface area contributed by atoms with Gasteiger partial charge in [-0.25, -0.2) is 4.79 Å². The van der Waals surface area contributed by atoms with E-state index in [1.807, 2.05) is 63.2 Å². The van der Waals surface area contributed by atoms with Crippen molar-refractivity contribution in [3.63, 3.8) is 0 Å². The highest BCUT2D eigenvalue weighted by atomic mass is 16.5. The number of hydrogen-bond acceptors (Lipinski definition) is 6. The molecular weight excluding hydrogens is 490 g/mol. The van der Waals surface area contributed by atoms with Gasteiger partial charge in [-0.2, -0.15) is 0 Å². The number of fused-ring (bicyclic) bond motifs is 1. The molecule has 2 atom stereocenters. The van der Waals surface area contributed by atoms with Crippen LogP contribution in [0.3, 0.4) is 0 Å². The van der Waals surface area contributed by atoms with Crippen molar-refractivity contribution < 1.29 is 23.8 Å². The van der Waals surface area contributed by atoms with Gasteiger partial charge in [-0.1, -0.05) is 62.4 Å².